The number of carbonyl (C=O) groups excluding carboxylic acids is 5. The second-order valence-corrected chi connectivity index (χ2v) is 12.7. The Kier molecular flexibility index (Phi) is 5.13. The van der Waals surface area contributed by atoms with Crippen molar-refractivity contribution in [2.24, 2.45) is 16.7 Å². The van der Waals surface area contributed by atoms with Gasteiger partial charge in [-0.05, 0) is 67.9 Å². The van der Waals surface area contributed by atoms with Crippen molar-refractivity contribution in [1.29, 1.82) is 0 Å². The number of nitrogens with one attached hydrogen (secondary N) is 2. The molecule has 41 heavy (non-hydrogen) atoms. The number of fused-ring (bicyclic) bond motifs is 2. The number of carbonyl (C=O) groups is 5. The lowest BCUT2D eigenvalue weighted by atomic mass is 10.0. The molecule has 11 heteroatoms. The summed E-state index contributed by atoms with van der Waals surface area (Å²) in [6, 6.07) is 4.27. The van der Waals surface area contributed by atoms with Gasteiger partial charge in [-0.25, -0.2) is 0 Å². The number of likely N-dealkylation sites (tertiary alicyclic amines) is 1. The van der Waals surface area contributed by atoms with Crippen LogP contribution in [-0.2, 0) is 20.9 Å². The summed E-state index contributed by atoms with van der Waals surface area (Å²) in [5.74, 6) is -1.40. The van der Waals surface area contributed by atoms with Crippen LogP contribution in [0.15, 0.2) is 30.6 Å². The van der Waals surface area contributed by atoms with Crippen molar-refractivity contribution in [3.8, 4) is 0 Å². The minimum absolute atomic E-state index is 0.0795. The second-order valence-electron chi connectivity index (χ2n) is 12.7. The van der Waals surface area contributed by atoms with Crippen molar-refractivity contribution in [2.75, 3.05) is 18.4 Å². The highest BCUT2D eigenvalue weighted by atomic mass is 16.2. The molecule has 11 nitrogen and oxygen atoms in total. The highest BCUT2D eigenvalue weighted by Gasteiger charge is 2.88. The zero-order valence-corrected chi connectivity index (χ0v) is 22.7. The van der Waals surface area contributed by atoms with Gasteiger partial charge in [0.15, 0.2) is 0 Å². The number of hydrogen-bond acceptors (Lipinski definition) is 7. The summed E-state index contributed by atoms with van der Waals surface area (Å²) < 4.78 is 1.98. The molecular formula is C30H32N6O5. The minimum atomic E-state index is -0.998. The first-order valence-electron chi connectivity index (χ1n) is 14.7. The molecule has 1 atom stereocenters. The summed E-state index contributed by atoms with van der Waals surface area (Å²) in [5, 5.41) is 10.1. The summed E-state index contributed by atoms with van der Waals surface area (Å²) in [6.45, 7) is 1.95. The van der Waals surface area contributed by atoms with Crippen LogP contribution in [0.4, 0.5) is 5.69 Å². The second kappa shape index (κ2) is 8.50. The van der Waals surface area contributed by atoms with Crippen LogP contribution < -0.4 is 10.6 Å². The van der Waals surface area contributed by atoms with Crippen molar-refractivity contribution in [3.05, 3.63) is 47.3 Å². The van der Waals surface area contributed by atoms with E-state index in [0.29, 0.717) is 34.9 Å². The third kappa shape index (κ3) is 3.56. The summed E-state index contributed by atoms with van der Waals surface area (Å²) in [7, 11) is 0. The van der Waals surface area contributed by atoms with Gasteiger partial charge in [0.05, 0.1) is 29.3 Å². The molecule has 5 fully saturated rings. The van der Waals surface area contributed by atoms with Gasteiger partial charge < -0.3 is 10.2 Å². The molecule has 2 N–H and O–H groups in total. The standard InChI is InChI=1S/C30H32N6O5/c37-22-5-4-21(25(38)33-22)36-26(39)19-2-1-3-20(23(19)27(36)40)31-14-17-15-32-35(16-17)18-6-12-34(13-7-18)28(41)24-29(8-9-29)30(24)10-11-30/h1-3,15-16,18,21,24,31H,4-14H2,(H,33,37,38). The molecule has 1 aromatic carbocycles. The van der Waals surface area contributed by atoms with Crippen LogP contribution in [0.3, 0.4) is 0 Å². The van der Waals surface area contributed by atoms with Gasteiger partial charge in [-0.1, -0.05) is 6.07 Å². The molecule has 1 unspecified atom stereocenters. The Hall–Kier alpha value is -4.02. The Morgan fingerprint density at radius 3 is 2.41 bits per heavy atom. The molecule has 3 saturated carbocycles. The molecule has 4 heterocycles. The van der Waals surface area contributed by atoms with E-state index in [-0.39, 0.29) is 30.0 Å². The molecule has 6 aliphatic rings. The number of piperidine rings is 2. The number of nitrogens with zero attached hydrogens (tertiary/aromatic N) is 4. The monoisotopic (exact) mass is 556 g/mol. The molecule has 3 aliphatic carbocycles. The van der Waals surface area contributed by atoms with Gasteiger partial charge in [-0.3, -0.25) is 38.9 Å². The number of hydrogen-bond donors (Lipinski definition) is 2. The summed E-state index contributed by atoms with van der Waals surface area (Å²) in [6.07, 6.45) is 10.8. The topological polar surface area (TPSA) is 134 Å². The normalized spacial score (nSPS) is 26.0. The number of amides is 5. The van der Waals surface area contributed by atoms with Crippen molar-refractivity contribution >= 4 is 35.2 Å². The Labute approximate surface area is 236 Å². The fourth-order valence-corrected chi connectivity index (χ4v) is 8.12. The van der Waals surface area contributed by atoms with E-state index >= 15 is 0 Å². The maximum atomic E-state index is 13.3. The number of anilines is 1. The third-order valence-electron chi connectivity index (χ3n) is 10.6. The predicted molar refractivity (Wildman–Crippen MR) is 144 cm³/mol. The van der Waals surface area contributed by atoms with E-state index in [1.807, 2.05) is 10.9 Å². The quantitative estimate of drug-likeness (QED) is 0.522. The zero-order chi connectivity index (χ0) is 28.1. The van der Waals surface area contributed by atoms with Crippen LogP contribution >= 0.6 is 0 Å². The Balaban J connectivity index is 0.902. The first-order valence-corrected chi connectivity index (χ1v) is 14.7. The predicted octanol–water partition coefficient (Wildman–Crippen LogP) is 2.25. The van der Waals surface area contributed by atoms with Crippen molar-refractivity contribution in [3.63, 3.8) is 0 Å². The number of aromatic nitrogens is 2. The van der Waals surface area contributed by atoms with E-state index in [9.17, 15) is 24.0 Å². The van der Waals surface area contributed by atoms with Crippen molar-refractivity contribution in [2.45, 2.75) is 70.0 Å². The Morgan fingerprint density at radius 2 is 1.73 bits per heavy atom. The maximum Gasteiger partial charge on any atom is 0.264 e. The van der Waals surface area contributed by atoms with Crippen LogP contribution in [0.25, 0.3) is 0 Å². The third-order valence-corrected chi connectivity index (χ3v) is 10.6. The average molecular weight is 557 g/mol. The fourth-order valence-electron chi connectivity index (χ4n) is 8.12. The van der Waals surface area contributed by atoms with Crippen LogP contribution in [0.2, 0.25) is 0 Å². The molecule has 2 spiro atoms. The largest absolute Gasteiger partial charge is 0.380 e. The molecule has 1 aromatic heterocycles. The summed E-state index contributed by atoms with van der Waals surface area (Å²) in [4.78, 5) is 66.6. The van der Waals surface area contributed by atoms with Crippen LogP contribution in [-0.4, -0.2) is 68.2 Å². The highest BCUT2D eigenvalue weighted by molar-refractivity contribution is 6.25. The van der Waals surface area contributed by atoms with E-state index in [1.54, 1.807) is 24.4 Å². The number of benzene rings is 1. The van der Waals surface area contributed by atoms with Gasteiger partial charge in [0, 0.05) is 43.5 Å². The Bertz CT molecular complexity index is 1510. The van der Waals surface area contributed by atoms with Gasteiger partial charge >= 0.3 is 0 Å². The van der Waals surface area contributed by atoms with Gasteiger partial charge in [-0.15, -0.1) is 0 Å². The summed E-state index contributed by atoms with van der Waals surface area (Å²) >= 11 is 0. The van der Waals surface area contributed by atoms with Crippen LogP contribution in [0.5, 0.6) is 0 Å². The van der Waals surface area contributed by atoms with Gasteiger partial charge in [0.25, 0.3) is 11.8 Å². The van der Waals surface area contributed by atoms with Gasteiger partial charge in [0.1, 0.15) is 6.04 Å². The fraction of sp³-hybridized carbons (Fsp3) is 0.533. The minimum Gasteiger partial charge on any atom is -0.380 e. The highest BCUT2D eigenvalue weighted by Crippen LogP contribution is 2.92. The van der Waals surface area contributed by atoms with Crippen LogP contribution in [0, 0.1) is 16.7 Å². The molecule has 2 aromatic rings. The van der Waals surface area contributed by atoms with Gasteiger partial charge in [-0.2, -0.15) is 5.10 Å². The van der Waals surface area contributed by atoms with Crippen molar-refractivity contribution in [1.82, 2.24) is 24.9 Å². The Morgan fingerprint density at radius 1 is 1.00 bits per heavy atom. The number of imide groups is 2. The molecule has 5 amide bonds. The first-order chi connectivity index (χ1) is 19.8. The van der Waals surface area contributed by atoms with Crippen LogP contribution in [0.1, 0.15) is 83.7 Å². The van der Waals surface area contributed by atoms with E-state index in [2.05, 4.69) is 20.6 Å². The summed E-state index contributed by atoms with van der Waals surface area (Å²) in [5.41, 5.74) is 2.72. The first kappa shape index (κ1) is 24.8. The van der Waals surface area contributed by atoms with E-state index in [0.717, 1.165) is 36.4 Å². The lowest BCUT2D eigenvalue weighted by Crippen LogP contribution is -2.54. The van der Waals surface area contributed by atoms with Crippen molar-refractivity contribution < 1.29 is 24.0 Å². The zero-order valence-electron chi connectivity index (χ0n) is 22.7. The van der Waals surface area contributed by atoms with E-state index < -0.39 is 29.7 Å². The SMILES string of the molecule is O=C1CCC(N2C(=O)c3cccc(NCc4cnn(C5CCN(C(=O)C6C7(CC7)C67CC7)CC5)c4)c3C2=O)C(=O)N1. The van der Waals surface area contributed by atoms with E-state index in [4.69, 9.17) is 0 Å². The molecule has 2 saturated heterocycles. The molecular weight excluding hydrogens is 524 g/mol. The van der Waals surface area contributed by atoms with E-state index in [1.165, 1.54) is 25.7 Å². The molecule has 212 valence electrons. The molecule has 8 rings (SSSR count). The smallest absolute Gasteiger partial charge is 0.264 e. The maximum absolute atomic E-state index is 13.3. The van der Waals surface area contributed by atoms with Gasteiger partial charge in [0.2, 0.25) is 17.7 Å². The number of rotatable bonds is 6. The average Bonchev–Trinajstić information content (AvgIpc) is 3.93. The lowest BCUT2D eigenvalue weighted by molar-refractivity contribution is -0.136. The molecule has 0 bridgehead atoms. The molecule has 0 radical (unpaired) electrons. The lowest BCUT2D eigenvalue weighted by Gasteiger charge is -2.32. The molecule has 3 aliphatic heterocycles.